The number of hydrogen-bond donors (Lipinski definition) is 0. The molecule has 1 aromatic rings. The largest absolute Gasteiger partial charge is 0.380 e. The SMILES string of the molecule is CCOCCn1cccc1C(C)=O. The van der Waals surface area contributed by atoms with E-state index < -0.39 is 0 Å². The number of ether oxygens (including phenoxy) is 1. The summed E-state index contributed by atoms with van der Waals surface area (Å²) >= 11 is 0. The van der Waals surface area contributed by atoms with Crippen LogP contribution in [0.1, 0.15) is 24.3 Å². The maximum Gasteiger partial charge on any atom is 0.176 e. The molecule has 0 spiro atoms. The van der Waals surface area contributed by atoms with Crippen molar-refractivity contribution in [2.24, 2.45) is 0 Å². The van der Waals surface area contributed by atoms with Crippen LogP contribution in [0.15, 0.2) is 18.3 Å². The number of carbonyl (C=O) groups is 1. The van der Waals surface area contributed by atoms with Crippen molar-refractivity contribution in [3.63, 3.8) is 0 Å². The predicted octanol–water partition coefficient (Wildman–Crippen LogP) is 1.73. The van der Waals surface area contributed by atoms with Crippen molar-refractivity contribution in [1.29, 1.82) is 0 Å². The maximum atomic E-state index is 11.1. The van der Waals surface area contributed by atoms with Crippen molar-refractivity contribution in [3.8, 4) is 0 Å². The van der Waals surface area contributed by atoms with Gasteiger partial charge < -0.3 is 9.30 Å². The van der Waals surface area contributed by atoms with Gasteiger partial charge in [0, 0.05) is 26.3 Å². The lowest BCUT2D eigenvalue weighted by Gasteiger charge is -2.06. The van der Waals surface area contributed by atoms with Crippen molar-refractivity contribution in [2.45, 2.75) is 20.4 Å². The summed E-state index contributed by atoms with van der Waals surface area (Å²) in [6.45, 7) is 5.66. The van der Waals surface area contributed by atoms with E-state index in [-0.39, 0.29) is 5.78 Å². The van der Waals surface area contributed by atoms with Gasteiger partial charge in [-0.2, -0.15) is 0 Å². The summed E-state index contributed by atoms with van der Waals surface area (Å²) < 4.78 is 7.12. The summed E-state index contributed by atoms with van der Waals surface area (Å²) in [6.07, 6.45) is 1.90. The highest BCUT2D eigenvalue weighted by Gasteiger charge is 2.04. The first-order valence-corrected chi connectivity index (χ1v) is 4.49. The predicted molar refractivity (Wildman–Crippen MR) is 50.9 cm³/mol. The molecule has 3 heteroatoms. The summed E-state index contributed by atoms with van der Waals surface area (Å²) in [6, 6.07) is 3.71. The van der Waals surface area contributed by atoms with Crippen LogP contribution < -0.4 is 0 Å². The monoisotopic (exact) mass is 181 g/mol. The third-order valence-corrected chi connectivity index (χ3v) is 1.87. The molecule has 3 nitrogen and oxygen atoms in total. The zero-order valence-electron chi connectivity index (χ0n) is 8.12. The number of nitrogens with zero attached hydrogens (tertiary/aromatic N) is 1. The molecule has 0 atom stereocenters. The average Bonchev–Trinajstić information content (AvgIpc) is 2.53. The van der Waals surface area contributed by atoms with Crippen molar-refractivity contribution in [3.05, 3.63) is 24.0 Å². The molecule has 0 aliphatic heterocycles. The number of aromatic nitrogens is 1. The highest BCUT2D eigenvalue weighted by Crippen LogP contribution is 2.02. The lowest BCUT2D eigenvalue weighted by Crippen LogP contribution is -2.10. The Hall–Kier alpha value is -1.09. The van der Waals surface area contributed by atoms with E-state index >= 15 is 0 Å². The van der Waals surface area contributed by atoms with Crippen LogP contribution in [0.5, 0.6) is 0 Å². The Bertz CT molecular complexity index is 278. The van der Waals surface area contributed by atoms with Gasteiger partial charge in [-0.05, 0) is 19.1 Å². The van der Waals surface area contributed by atoms with Crippen LogP contribution in [0.25, 0.3) is 0 Å². The normalized spacial score (nSPS) is 10.3. The zero-order chi connectivity index (χ0) is 9.68. The minimum absolute atomic E-state index is 0.0986. The number of ketones is 1. The molecule has 0 bridgehead atoms. The van der Waals surface area contributed by atoms with Crippen molar-refractivity contribution in [2.75, 3.05) is 13.2 Å². The van der Waals surface area contributed by atoms with Gasteiger partial charge in [-0.15, -0.1) is 0 Å². The van der Waals surface area contributed by atoms with Crippen LogP contribution in [-0.2, 0) is 11.3 Å². The third-order valence-electron chi connectivity index (χ3n) is 1.87. The third kappa shape index (κ3) is 2.70. The Labute approximate surface area is 78.3 Å². The Morgan fingerprint density at radius 3 is 3.00 bits per heavy atom. The second-order valence-electron chi connectivity index (χ2n) is 2.84. The molecule has 0 aliphatic carbocycles. The van der Waals surface area contributed by atoms with Crippen molar-refractivity contribution in [1.82, 2.24) is 4.57 Å². The van der Waals surface area contributed by atoms with Gasteiger partial charge in [-0.1, -0.05) is 0 Å². The van der Waals surface area contributed by atoms with E-state index in [1.54, 1.807) is 6.92 Å². The van der Waals surface area contributed by atoms with Crippen LogP contribution in [-0.4, -0.2) is 23.6 Å². The van der Waals surface area contributed by atoms with Gasteiger partial charge in [-0.3, -0.25) is 4.79 Å². The summed E-state index contributed by atoms with van der Waals surface area (Å²) in [5.74, 6) is 0.0986. The molecule has 0 N–H and O–H groups in total. The maximum absolute atomic E-state index is 11.1. The molecule has 0 fully saturated rings. The summed E-state index contributed by atoms with van der Waals surface area (Å²) in [4.78, 5) is 11.1. The van der Waals surface area contributed by atoms with Crippen LogP contribution in [0.2, 0.25) is 0 Å². The molecule has 0 radical (unpaired) electrons. The van der Waals surface area contributed by atoms with E-state index in [0.29, 0.717) is 6.61 Å². The first kappa shape index (κ1) is 9.99. The second kappa shape index (κ2) is 4.82. The zero-order valence-corrected chi connectivity index (χ0v) is 8.12. The summed E-state index contributed by atoms with van der Waals surface area (Å²) in [7, 11) is 0. The van der Waals surface area contributed by atoms with Gasteiger partial charge in [0.15, 0.2) is 5.78 Å². The molecule has 1 heterocycles. The quantitative estimate of drug-likeness (QED) is 0.511. The second-order valence-corrected chi connectivity index (χ2v) is 2.84. The molecule has 72 valence electrons. The van der Waals surface area contributed by atoms with Gasteiger partial charge in [-0.25, -0.2) is 0 Å². The van der Waals surface area contributed by atoms with Crippen molar-refractivity contribution >= 4 is 5.78 Å². The molecule has 0 aromatic carbocycles. The van der Waals surface area contributed by atoms with E-state index in [4.69, 9.17) is 4.74 Å². The Morgan fingerprint density at radius 2 is 2.38 bits per heavy atom. The van der Waals surface area contributed by atoms with E-state index in [2.05, 4.69) is 0 Å². The van der Waals surface area contributed by atoms with Crippen LogP contribution in [0, 0.1) is 0 Å². The fraction of sp³-hybridized carbons (Fsp3) is 0.500. The van der Waals surface area contributed by atoms with E-state index in [0.717, 1.165) is 18.8 Å². The highest BCUT2D eigenvalue weighted by molar-refractivity contribution is 5.92. The van der Waals surface area contributed by atoms with Gasteiger partial charge in [0.2, 0.25) is 0 Å². The molecule has 0 unspecified atom stereocenters. The topological polar surface area (TPSA) is 31.2 Å². The molecule has 13 heavy (non-hydrogen) atoms. The number of Topliss-reactive ketones (excluding diaryl/α,β-unsaturated/α-hetero) is 1. The highest BCUT2D eigenvalue weighted by atomic mass is 16.5. The standard InChI is InChI=1S/C10H15NO2/c1-3-13-8-7-11-6-4-5-10(11)9(2)12/h4-6H,3,7-8H2,1-2H3. The van der Waals surface area contributed by atoms with E-state index in [1.165, 1.54) is 0 Å². The first-order valence-electron chi connectivity index (χ1n) is 4.49. The molecule has 0 saturated carbocycles. The Kier molecular flexibility index (Phi) is 3.71. The molecule has 0 saturated heterocycles. The molecule has 1 rings (SSSR count). The number of hydrogen-bond acceptors (Lipinski definition) is 2. The van der Waals surface area contributed by atoms with Gasteiger partial charge >= 0.3 is 0 Å². The van der Waals surface area contributed by atoms with Crippen LogP contribution >= 0.6 is 0 Å². The number of rotatable bonds is 5. The lowest BCUT2D eigenvalue weighted by molar-refractivity contribution is 0.0998. The molecule has 0 amide bonds. The summed E-state index contributed by atoms with van der Waals surface area (Å²) in [5, 5.41) is 0. The van der Waals surface area contributed by atoms with Gasteiger partial charge in [0.05, 0.1) is 12.3 Å². The molecule has 1 aromatic heterocycles. The summed E-state index contributed by atoms with van der Waals surface area (Å²) in [5.41, 5.74) is 0.750. The minimum Gasteiger partial charge on any atom is -0.380 e. The van der Waals surface area contributed by atoms with Crippen LogP contribution in [0.3, 0.4) is 0 Å². The smallest absolute Gasteiger partial charge is 0.176 e. The Balaban J connectivity index is 2.55. The molecule has 0 aliphatic rings. The van der Waals surface area contributed by atoms with Crippen LogP contribution in [0.4, 0.5) is 0 Å². The van der Waals surface area contributed by atoms with Gasteiger partial charge in [0.25, 0.3) is 0 Å². The Morgan fingerprint density at radius 1 is 1.62 bits per heavy atom. The molecular formula is C10H15NO2. The average molecular weight is 181 g/mol. The van der Waals surface area contributed by atoms with E-state index in [1.807, 2.05) is 29.8 Å². The fourth-order valence-corrected chi connectivity index (χ4v) is 1.24. The van der Waals surface area contributed by atoms with Gasteiger partial charge in [0.1, 0.15) is 0 Å². The molecular weight excluding hydrogens is 166 g/mol. The van der Waals surface area contributed by atoms with Crippen molar-refractivity contribution < 1.29 is 9.53 Å². The van der Waals surface area contributed by atoms with E-state index in [9.17, 15) is 4.79 Å². The lowest BCUT2D eigenvalue weighted by atomic mass is 10.3. The first-order chi connectivity index (χ1) is 6.25. The fourth-order valence-electron chi connectivity index (χ4n) is 1.24. The number of carbonyl (C=O) groups excluding carboxylic acids is 1. The minimum atomic E-state index is 0.0986.